The normalized spacial score (nSPS) is 10.3. The molecule has 0 fully saturated rings. The van der Waals surface area contributed by atoms with Gasteiger partial charge in [0.2, 0.25) is 0 Å². The molecule has 0 aliphatic heterocycles. The molecule has 0 spiro atoms. The van der Waals surface area contributed by atoms with Crippen LogP contribution in [0, 0.1) is 6.92 Å². The van der Waals surface area contributed by atoms with Crippen molar-refractivity contribution in [1.82, 2.24) is 0 Å². The number of halogens is 2. The fraction of sp³-hybridized carbons (Fsp3) is 0.200. The minimum absolute atomic E-state index is 0.592. The van der Waals surface area contributed by atoms with Crippen molar-refractivity contribution in [3.8, 4) is 5.75 Å². The summed E-state index contributed by atoms with van der Waals surface area (Å²) in [5.74, 6) is 0.672. The second kappa shape index (κ2) is 6.18. The van der Waals surface area contributed by atoms with Crippen LogP contribution in [0.15, 0.2) is 36.4 Å². The molecule has 0 unspecified atom stereocenters. The highest BCUT2D eigenvalue weighted by Crippen LogP contribution is 2.27. The van der Waals surface area contributed by atoms with E-state index in [0.717, 1.165) is 21.8 Å². The molecule has 2 rings (SSSR count). The van der Waals surface area contributed by atoms with E-state index in [1.54, 1.807) is 7.11 Å². The molecular formula is C15H15Cl2NO. The van der Waals surface area contributed by atoms with E-state index in [1.165, 1.54) is 0 Å². The molecule has 19 heavy (non-hydrogen) atoms. The van der Waals surface area contributed by atoms with E-state index in [1.807, 2.05) is 37.3 Å². The van der Waals surface area contributed by atoms with Crippen LogP contribution in [0.1, 0.15) is 11.1 Å². The summed E-state index contributed by atoms with van der Waals surface area (Å²) in [4.78, 5) is 0. The van der Waals surface area contributed by atoms with Crippen LogP contribution >= 0.6 is 23.2 Å². The molecule has 0 heterocycles. The Kier molecular flexibility index (Phi) is 4.56. The maximum atomic E-state index is 6.09. The third kappa shape index (κ3) is 3.55. The SMILES string of the molecule is COc1ccc(NCc2ccc(C)c(Cl)c2)cc1Cl. The van der Waals surface area contributed by atoms with E-state index >= 15 is 0 Å². The minimum atomic E-state index is 0.592. The van der Waals surface area contributed by atoms with Crippen molar-refractivity contribution in [1.29, 1.82) is 0 Å². The number of anilines is 1. The van der Waals surface area contributed by atoms with Crippen molar-refractivity contribution in [2.45, 2.75) is 13.5 Å². The Balaban J connectivity index is 2.05. The zero-order valence-electron chi connectivity index (χ0n) is 10.8. The zero-order valence-corrected chi connectivity index (χ0v) is 12.3. The molecule has 2 aromatic carbocycles. The lowest BCUT2D eigenvalue weighted by Crippen LogP contribution is -1.99. The Morgan fingerprint density at radius 2 is 1.84 bits per heavy atom. The predicted octanol–water partition coefficient (Wildman–Crippen LogP) is 4.92. The highest BCUT2D eigenvalue weighted by atomic mass is 35.5. The maximum Gasteiger partial charge on any atom is 0.137 e. The Hall–Kier alpha value is -1.38. The van der Waals surface area contributed by atoms with Crippen LogP contribution in [0.25, 0.3) is 0 Å². The number of methoxy groups -OCH3 is 1. The van der Waals surface area contributed by atoms with Crippen LogP contribution in [-0.2, 0) is 6.54 Å². The van der Waals surface area contributed by atoms with Crippen molar-refractivity contribution < 1.29 is 4.74 Å². The van der Waals surface area contributed by atoms with Gasteiger partial charge in [-0.2, -0.15) is 0 Å². The fourth-order valence-corrected chi connectivity index (χ4v) is 2.19. The Morgan fingerprint density at radius 3 is 2.47 bits per heavy atom. The third-order valence-electron chi connectivity index (χ3n) is 2.88. The van der Waals surface area contributed by atoms with Gasteiger partial charge in [0.1, 0.15) is 5.75 Å². The number of hydrogen-bond acceptors (Lipinski definition) is 2. The van der Waals surface area contributed by atoms with E-state index < -0.39 is 0 Å². The quantitative estimate of drug-likeness (QED) is 0.864. The lowest BCUT2D eigenvalue weighted by atomic mass is 10.1. The first kappa shape index (κ1) is 14.0. The molecule has 0 atom stereocenters. The fourth-order valence-electron chi connectivity index (χ4n) is 1.73. The van der Waals surface area contributed by atoms with Gasteiger partial charge in [0.25, 0.3) is 0 Å². The monoisotopic (exact) mass is 295 g/mol. The molecule has 0 amide bonds. The number of ether oxygens (including phenoxy) is 1. The van der Waals surface area contributed by atoms with Gasteiger partial charge in [-0.15, -0.1) is 0 Å². The molecule has 100 valence electrons. The number of benzene rings is 2. The topological polar surface area (TPSA) is 21.3 Å². The minimum Gasteiger partial charge on any atom is -0.495 e. The molecule has 0 aromatic heterocycles. The van der Waals surface area contributed by atoms with Gasteiger partial charge in [-0.25, -0.2) is 0 Å². The van der Waals surface area contributed by atoms with Crippen molar-refractivity contribution in [3.63, 3.8) is 0 Å². The molecule has 0 aliphatic rings. The maximum absolute atomic E-state index is 6.09. The van der Waals surface area contributed by atoms with Gasteiger partial charge in [0.15, 0.2) is 0 Å². The summed E-state index contributed by atoms with van der Waals surface area (Å²) in [7, 11) is 1.60. The summed E-state index contributed by atoms with van der Waals surface area (Å²) in [5.41, 5.74) is 3.16. The molecule has 2 nitrogen and oxygen atoms in total. The van der Waals surface area contributed by atoms with Gasteiger partial charge in [0, 0.05) is 17.3 Å². The number of hydrogen-bond donors (Lipinski definition) is 1. The van der Waals surface area contributed by atoms with E-state index in [2.05, 4.69) is 11.4 Å². The lowest BCUT2D eigenvalue weighted by molar-refractivity contribution is 0.415. The molecule has 0 aliphatic carbocycles. The standard InChI is InChI=1S/C15H15Cl2NO/c1-10-3-4-11(7-13(10)16)9-18-12-5-6-15(19-2)14(17)8-12/h3-8,18H,9H2,1-2H3. The molecule has 1 N–H and O–H groups in total. The van der Waals surface area contributed by atoms with E-state index in [-0.39, 0.29) is 0 Å². The first-order chi connectivity index (χ1) is 9.10. The zero-order chi connectivity index (χ0) is 13.8. The predicted molar refractivity (Wildman–Crippen MR) is 81.5 cm³/mol. The summed E-state index contributed by atoms with van der Waals surface area (Å²) in [5, 5.41) is 4.68. The Morgan fingerprint density at radius 1 is 1.05 bits per heavy atom. The molecular weight excluding hydrogens is 281 g/mol. The van der Waals surface area contributed by atoms with E-state index in [0.29, 0.717) is 17.3 Å². The van der Waals surface area contributed by atoms with Gasteiger partial charge in [0.05, 0.1) is 12.1 Å². The molecule has 4 heteroatoms. The average Bonchev–Trinajstić information content (AvgIpc) is 2.40. The number of rotatable bonds is 4. The van der Waals surface area contributed by atoms with Crippen LogP contribution < -0.4 is 10.1 Å². The largest absolute Gasteiger partial charge is 0.495 e. The summed E-state index contributed by atoms with van der Waals surface area (Å²) in [6.45, 7) is 2.69. The van der Waals surface area contributed by atoms with Crippen LogP contribution in [-0.4, -0.2) is 7.11 Å². The lowest BCUT2D eigenvalue weighted by Gasteiger charge is -2.10. The third-order valence-corrected chi connectivity index (χ3v) is 3.59. The molecule has 0 radical (unpaired) electrons. The number of nitrogens with one attached hydrogen (secondary N) is 1. The second-order valence-electron chi connectivity index (χ2n) is 4.29. The summed E-state index contributed by atoms with van der Waals surface area (Å²) < 4.78 is 5.11. The van der Waals surface area contributed by atoms with Crippen molar-refractivity contribution >= 4 is 28.9 Å². The average molecular weight is 296 g/mol. The summed E-state index contributed by atoms with van der Waals surface area (Å²) in [6, 6.07) is 11.7. The first-order valence-electron chi connectivity index (χ1n) is 5.92. The van der Waals surface area contributed by atoms with Crippen LogP contribution in [0.2, 0.25) is 10.0 Å². The highest BCUT2D eigenvalue weighted by Gasteiger charge is 2.02. The van der Waals surface area contributed by atoms with Crippen LogP contribution in [0.4, 0.5) is 5.69 Å². The molecule has 2 aromatic rings. The summed E-state index contributed by atoms with van der Waals surface area (Å²) in [6.07, 6.45) is 0. The van der Waals surface area contributed by atoms with Crippen LogP contribution in [0.3, 0.4) is 0 Å². The van der Waals surface area contributed by atoms with Gasteiger partial charge in [-0.05, 0) is 42.3 Å². The van der Waals surface area contributed by atoms with Crippen LogP contribution in [0.5, 0.6) is 5.75 Å². The Labute approximate surface area is 123 Å². The molecule has 0 saturated carbocycles. The van der Waals surface area contributed by atoms with Gasteiger partial charge >= 0.3 is 0 Å². The van der Waals surface area contributed by atoms with E-state index in [9.17, 15) is 0 Å². The smallest absolute Gasteiger partial charge is 0.137 e. The first-order valence-corrected chi connectivity index (χ1v) is 6.68. The Bertz CT molecular complexity index is 584. The van der Waals surface area contributed by atoms with Gasteiger partial charge in [-0.1, -0.05) is 35.3 Å². The van der Waals surface area contributed by atoms with Gasteiger partial charge in [-0.3, -0.25) is 0 Å². The number of aryl methyl sites for hydroxylation is 1. The van der Waals surface area contributed by atoms with Crippen molar-refractivity contribution in [2.75, 3.05) is 12.4 Å². The second-order valence-corrected chi connectivity index (χ2v) is 5.10. The highest BCUT2D eigenvalue weighted by molar-refractivity contribution is 6.32. The van der Waals surface area contributed by atoms with Crippen molar-refractivity contribution in [3.05, 3.63) is 57.6 Å². The van der Waals surface area contributed by atoms with Gasteiger partial charge < -0.3 is 10.1 Å². The van der Waals surface area contributed by atoms with E-state index in [4.69, 9.17) is 27.9 Å². The molecule has 0 saturated heterocycles. The van der Waals surface area contributed by atoms with Crippen molar-refractivity contribution in [2.24, 2.45) is 0 Å². The molecule has 0 bridgehead atoms. The summed E-state index contributed by atoms with van der Waals surface area (Å²) >= 11 is 12.2.